The lowest BCUT2D eigenvalue weighted by Crippen LogP contribution is -2.36. The zero-order chi connectivity index (χ0) is 19.5. The van der Waals surface area contributed by atoms with E-state index in [-0.39, 0.29) is 23.5 Å². The van der Waals surface area contributed by atoms with Gasteiger partial charge in [0.25, 0.3) is 0 Å². The van der Waals surface area contributed by atoms with Gasteiger partial charge in [-0.3, -0.25) is 14.7 Å². The van der Waals surface area contributed by atoms with E-state index < -0.39 is 0 Å². The highest BCUT2D eigenvalue weighted by Gasteiger charge is 2.36. The Morgan fingerprint density at radius 2 is 1.86 bits per heavy atom. The molecule has 2 atom stereocenters. The summed E-state index contributed by atoms with van der Waals surface area (Å²) in [6.07, 6.45) is 5.14. The summed E-state index contributed by atoms with van der Waals surface area (Å²) >= 11 is 1.27. The second-order valence-corrected chi connectivity index (χ2v) is 8.04. The monoisotopic (exact) mass is 394 g/mol. The van der Waals surface area contributed by atoms with Gasteiger partial charge in [-0.2, -0.15) is 9.47 Å². The minimum absolute atomic E-state index is 0.0523. The fraction of sp³-hybridized carbons (Fsp3) is 0.333. The molecule has 144 valence electrons. The zero-order valence-electron chi connectivity index (χ0n) is 15.6. The second-order valence-electron chi connectivity index (χ2n) is 7.23. The quantitative estimate of drug-likeness (QED) is 0.625. The first kappa shape index (κ1) is 18.6. The summed E-state index contributed by atoms with van der Waals surface area (Å²) in [7, 11) is 0. The third-order valence-electron chi connectivity index (χ3n) is 5.30. The van der Waals surface area contributed by atoms with E-state index in [0.717, 1.165) is 47.6 Å². The van der Waals surface area contributed by atoms with Crippen molar-refractivity contribution in [3.8, 4) is 11.3 Å². The maximum atomic E-state index is 13.2. The van der Waals surface area contributed by atoms with Crippen LogP contribution in [-0.4, -0.2) is 26.3 Å². The first-order valence-corrected chi connectivity index (χ1v) is 10.3. The molecule has 0 radical (unpaired) electrons. The minimum atomic E-state index is -0.295. The van der Waals surface area contributed by atoms with Gasteiger partial charge in [0, 0.05) is 23.6 Å². The Bertz CT molecular complexity index is 963. The molecule has 0 bridgehead atoms. The largest absolute Gasteiger partial charge is 0.316 e. The highest BCUT2D eigenvalue weighted by molar-refractivity contribution is 7.10. The van der Waals surface area contributed by atoms with Crippen LogP contribution in [0.4, 0.5) is 5.00 Å². The molecule has 7 heteroatoms. The molecule has 1 fully saturated rings. The van der Waals surface area contributed by atoms with Crippen molar-refractivity contribution in [2.75, 3.05) is 5.32 Å². The van der Waals surface area contributed by atoms with Crippen LogP contribution in [0.2, 0.25) is 0 Å². The molecule has 1 saturated carbocycles. The molecule has 4 rings (SSSR count). The fourth-order valence-electron chi connectivity index (χ4n) is 3.84. The number of nitrogens with one attached hydrogen (secondary N) is 2. The van der Waals surface area contributed by atoms with Crippen LogP contribution in [0.1, 0.15) is 41.7 Å². The zero-order valence-corrected chi connectivity index (χ0v) is 16.5. The Balaban J connectivity index is 1.50. The van der Waals surface area contributed by atoms with E-state index in [1.165, 1.54) is 11.5 Å². The summed E-state index contributed by atoms with van der Waals surface area (Å²) < 4.78 is 4.20. The lowest BCUT2D eigenvalue weighted by molar-refractivity contribution is -0.121. The molecule has 0 aliphatic heterocycles. The molecular weight excluding hydrogens is 372 g/mol. The van der Waals surface area contributed by atoms with Crippen LogP contribution in [0.5, 0.6) is 0 Å². The van der Waals surface area contributed by atoms with Gasteiger partial charge in [0.15, 0.2) is 5.78 Å². The number of H-pyrrole nitrogens is 1. The number of carbonyl (C=O) groups excluding carboxylic acids is 2. The normalized spacial score (nSPS) is 19.3. The van der Waals surface area contributed by atoms with Crippen molar-refractivity contribution in [3.05, 3.63) is 53.9 Å². The van der Waals surface area contributed by atoms with Crippen LogP contribution in [-0.2, 0) is 4.79 Å². The average molecular weight is 394 g/mol. The van der Waals surface area contributed by atoms with Gasteiger partial charge in [-0.25, -0.2) is 0 Å². The lowest BCUT2D eigenvalue weighted by atomic mass is 9.75. The lowest BCUT2D eigenvalue weighted by Gasteiger charge is -2.29. The number of aryl methyl sites for hydroxylation is 1. The number of hydrogen-bond acceptors (Lipinski definition) is 5. The average Bonchev–Trinajstić information content (AvgIpc) is 3.39. The minimum Gasteiger partial charge on any atom is -0.316 e. The molecular formula is C21H22N4O2S. The standard InChI is InChI=1S/C21H22N4O2S/c1-13-12-19(28-25-13)23-21(27)17-5-3-2-4-16(17)20(26)15-8-6-14(7-9-15)18-10-11-22-24-18/h6-12,16-17H,2-5H2,1H3,(H,22,24)(H,23,27). The topological polar surface area (TPSA) is 87.7 Å². The molecule has 2 unspecified atom stereocenters. The second kappa shape index (κ2) is 8.06. The van der Waals surface area contributed by atoms with Crippen molar-refractivity contribution in [2.24, 2.45) is 11.8 Å². The van der Waals surface area contributed by atoms with E-state index in [2.05, 4.69) is 19.9 Å². The third-order valence-corrected chi connectivity index (χ3v) is 6.09. The molecule has 6 nitrogen and oxygen atoms in total. The number of hydrogen-bond donors (Lipinski definition) is 2. The van der Waals surface area contributed by atoms with E-state index >= 15 is 0 Å². The molecule has 3 aromatic rings. The molecule has 1 amide bonds. The van der Waals surface area contributed by atoms with E-state index in [1.807, 2.05) is 43.3 Å². The van der Waals surface area contributed by atoms with Crippen LogP contribution in [0, 0.1) is 18.8 Å². The Labute approximate surface area is 167 Å². The molecule has 2 heterocycles. The first-order valence-electron chi connectivity index (χ1n) is 9.50. The molecule has 2 N–H and O–H groups in total. The molecule has 1 aliphatic rings. The van der Waals surface area contributed by atoms with Crippen molar-refractivity contribution < 1.29 is 9.59 Å². The van der Waals surface area contributed by atoms with E-state index in [4.69, 9.17) is 0 Å². The number of aromatic nitrogens is 3. The molecule has 1 aliphatic carbocycles. The number of nitrogens with zero attached hydrogens (tertiary/aromatic N) is 2. The number of aromatic amines is 1. The Morgan fingerprint density at radius 3 is 2.50 bits per heavy atom. The van der Waals surface area contributed by atoms with Crippen LogP contribution < -0.4 is 5.32 Å². The molecule has 0 spiro atoms. The van der Waals surface area contributed by atoms with Crippen molar-refractivity contribution in [3.63, 3.8) is 0 Å². The van der Waals surface area contributed by atoms with E-state index in [1.54, 1.807) is 6.20 Å². The SMILES string of the molecule is Cc1cc(NC(=O)C2CCCCC2C(=O)c2ccc(-c3ccn[nH]3)cc2)sn1. The molecule has 2 aromatic heterocycles. The molecule has 28 heavy (non-hydrogen) atoms. The van der Waals surface area contributed by atoms with E-state index in [9.17, 15) is 9.59 Å². The highest BCUT2D eigenvalue weighted by Crippen LogP contribution is 2.34. The molecule has 1 aromatic carbocycles. The van der Waals surface area contributed by atoms with Gasteiger partial charge in [-0.15, -0.1) is 0 Å². The Kier molecular flexibility index (Phi) is 5.34. The van der Waals surface area contributed by atoms with E-state index in [0.29, 0.717) is 5.56 Å². The Hall–Kier alpha value is -2.80. The highest BCUT2D eigenvalue weighted by atomic mass is 32.1. The van der Waals surface area contributed by atoms with Gasteiger partial charge in [0.05, 0.1) is 11.4 Å². The Morgan fingerprint density at radius 1 is 1.11 bits per heavy atom. The van der Waals surface area contributed by atoms with Gasteiger partial charge in [-0.1, -0.05) is 37.1 Å². The van der Waals surface area contributed by atoms with Crippen LogP contribution in [0.3, 0.4) is 0 Å². The summed E-state index contributed by atoms with van der Waals surface area (Å²) in [5.41, 5.74) is 3.43. The molecule has 0 saturated heterocycles. The van der Waals surface area contributed by atoms with Gasteiger partial charge in [0.2, 0.25) is 5.91 Å². The number of benzene rings is 1. The number of carbonyl (C=O) groups is 2. The number of Topliss-reactive ketones (excluding diaryl/α,β-unsaturated/α-hetero) is 1. The fourth-order valence-corrected chi connectivity index (χ4v) is 4.50. The maximum Gasteiger partial charge on any atom is 0.228 e. The third kappa shape index (κ3) is 3.89. The van der Waals surface area contributed by atoms with Crippen LogP contribution in [0.25, 0.3) is 11.3 Å². The van der Waals surface area contributed by atoms with Crippen LogP contribution >= 0.6 is 11.5 Å². The number of ketones is 1. The van der Waals surface area contributed by atoms with Gasteiger partial charge < -0.3 is 5.32 Å². The summed E-state index contributed by atoms with van der Waals surface area (Å²) in [6.45, 7) is 1.89. The number of anilines is 1. The maximum absolute atomic E-state index is 13.2. The summed E-state index contributed by atoms with van der Waals surface area (Å²) in [5, 5.41) is 10.6. The van der Waals surface area contributed by atoms with Gasteiger partial charge in [-0.05, 0) is 49.0 Å². The van der Waals surface area contributed by atoms with Gasteiger partial charge in [0.1, 0.15) is 5.00 Å². The first-order chi connectivity index (χ1) is 13.6. The van der Waals surface area contributed by atoms with Crippen LogP contribution in [0.15, 0.2) is 42.6 Å². The smallest absolute Gasteiger partial charge is 0.228 e. The van der Waals surface area contributed by atoms with Crippen molar-refractivity contribution in [1.29, 1.82) is 0 Å². The predicted molar refractivity (Wildman–Crippen MR) is 109 cm³/mol. The summed E-state index contributed by atoms with van der Waals surface area (Å²) in [5.74, 6) is -0.594. The predicted octanol–water partition coefficient (Wildman–Crippen LogP) is 4.47. The number of rotatable bonds is 5. The summed E-state index contributed by atoms with van der Waals surface area (Å²) in [4.78, 5) is 26.0. The van der Waals surface area contributed by atoms with Crippen molar-refractivity contribution >= 4 is 28.2 Å². The van der Waals surface area contributed by atoms with Crippen molar-refractivity contribution in [2.45, 2.75) is 32.6 Å². The number of amides is 1. The summed E-state index contributed by atoms with van der Waals surface area (Å²) in [6, 6.07) is 11.3. The van der Waals surface area contributed by atoms with Crippen molar-refractivity contribution in [1.82, 2.24) is 14.6 Å². The van der Waals surface area contributed by atoms with Gasteiger partial charge >= 0.3 is 0 Å².